The van der Waals surface area contributed by atoms with Gasteiger partial charge in [0.25, 0.3) is 5.91 Å². The molecule has 26 heavy (non-hydrogen) atoms. The molecule has 0 aliphatic carbocycles. The van der Waals surface area contributed by atoms with E-state index in [-0.39, 0.29) is 11.3 Å². The van der Waals surface area contributed by atoms with Crippen LogP contribution in [0.5, 0.6) is 5.75 Å². The van der Waals surface area contributed by atoms with Crippen LogP contribution < -0.4 is 10.1 Å². The Labute approximate surface area is 146 Å². The standard InChI is InChI=1S/C17H13F3N4O2/c1-10-12(9-22-24(10)15-4-2-3-7-21-15)16(25)23-11-5-6-14(13(18)8-11)26-17(19)20/h2-9,17H,1H3,(H,23,25). The highest BCUT2D eigenvalue weighted by atomic mass is 19.3. The molecule has 0 bridgehead atoms. The zero-order valence-corrected chi connectivity index (χ0v) is 13.5. The summed E-state index contributed by atoms with van der Waals surface area (Å²) < 4.78 is 43.5. The molecule has 0 saturated carbocycles. The van der Waals surface area contributed by atoms with Crippen LogP contribution >= 0.6 is 0 Å². The molecule has 0 aliphatic heterocycles. The average Bonchev–Trinajstić information content (AvgIpc) is 2.99. The number of hydrogen-bond acceptors (Lipinski definition) is 4. The predicted molar refractivity (Wildman–Crippen MR) is 87.1 cm³/mol. The van der Waals surface area contributed by atoms with Crippen molar-refractivity contribution in [1.82, 2.24) is 14.8 Å². The molecule has 9 heteroatoms. The summed E-state index contributed by atoms with van der Waals surface area (Å²) in [6.45, 7) is -1.44. The molecule has 134 valence electrons. The number of benzene rings is 1. The van der Waals surface area contributed by atoms with Crippen molar-refractivity contribution in [3.8, 4) is 11.6 Å². The molecule has 2 heterocycles. The van der Waals surface area contributed by atoms with E-state index in [1.807, 2.05) is 0 Å². The molecule has 3 rings (SSSR count). The molecule has 0 fully saturated rings. The Hall–Kier alpha value is -3.36. The van der Waals surface area contributed by atoms with Crippen LogP contribution in [-0.2, 0) is 0 Å². The number of halogens is 3. The third kappa shape index (κ3) is 3.66. The van der Waals surface area contributed by atoms with Crippen molar-refractivity contribution in [2.75, 3.05) is 5.32 Å². The van der Waals surface area contributed by atoms with Gasteiger partial charge in [0.05, 0.1) is 17.5 Å². The van der Waals surface area contributed by atoms with Gasteiger partial charge in [-0.05, 0) is 31.2 Å². The summed E-state index contributed by atoms with van der Waals surface area (Å²) in [6, 6.07) is 8.45. The number of pyridine rings is 1. The molecular weight excluding hydrogens is 349 g/mol. The molecule has 0 atom stereocenters. The smallest absolute Gasteiger partial charge is 0.387 e. The van der Waals surface area contributed by atoms with Gasteiger partial charge in [0, 0.05) is 18.0 Å². The highest BCUT2D eigenvalue weighted by Crippen LogP contribution is 2.23. The number of aromatic nitrogens is 3. The van der Waals surface area contributed by atoms with E-state index in [2.05, 4.69) is 20.1 Å². The molecule has 2 aromatic heterocycles. The van der Waals surface area contributed by atoms with E-state index < -0.39 is 24.1 Å². The summed E-state index contributed by atoms with van der Waals surface area (Å²) in [5.41, 5.74) is 0.905. The van der Waals surface area contributed by atoms with Gasteiger partial charge in [-0.15, -0.1) is 0 Å². The SMILES string of the molecule is Cc1c(C(=O)Nc2ccc(OC(F)F)c(F)c2)cnn1-c1ccccn1. The first-order valence-electron chi connectivity index (χ1n) is 7.47. The lowest BCUT2D eigenvalue weighted by molar-refractivity contribution is -0.0521. The van der Waals surface area contributed by atoms with E-state index in [0.717, 1.165) is 12.1 Å². The van der Waals surface area contributed by atoms with Crippen molar-refractivity contribution < 1.29 is 22.7 Å². The molecule has 1 N–H and O–H groups in total. The van der Waals surface area contributed by atoms with Gasteiger partial charge < -0.3 is 10.1 Å². The van der Waals surface area contributed by atoms with E-state index in [0.29, 0.717) is 11.5 Å². The second-order valence-electron chi connectivity index (χ2n) is 5.22. The Bertz CT molecular complexity index is 929. The predicted octanol–water partition coefficient (Wildman–Crippen LogP) is 3.57. The van der Waals surface area contributed by atoms with Gasteiger partial charge in [0.15, 0.2) is 17.4 Å². The van der Waals surface area contributed by atoms with Gasteiger partial charge in [0.2, 0.25) is 0 Å². The number of carbonyl (C=O) groups is 1. The van der Waals surface area contributed by atoms with Crippen molar-refractivity contribution in [2.24, 2.45) is 0 Å². The minimum Gasteiger partial charge on any atom is -0.432 e. The quantitative estimate of drug-likeness (QED) is 0.753. The monoisotopic (exact) mass is 362 g/mol. The summed E-state index contributed by atoms with van der Waals surface area (Å²) in [4.78, 5) is 16.6. The fraction of sp³-hybridized carbons (Fsp3) is 0.118. The maximum Gasteiger partial charge on any atom is 0.387 e. The number of alkyl halides is 2. The van der Waals surface area contributed by atoms with E-state index in [1.165, 1.54) is 16.9 Å². The number of rotatable bonds is 5. The van der Waals surface area contributed by atoms with Crippen molar-refractivity contribution in [3.63, 3.8) is 0 Å². The van der Waals surface area contributed by atoms with Gasteiger partial charge >= 0.3 is 6.61 Å². The van der Waals surface area contributed by atoms with Crippen molar-refractivity contribution in [1.29, 1.82) is 0 Å². The Kier molecular flexibility index (Phi) is 4.87. The van der Waals surface area contributed by atoms with Crippen LogP contribution in [0.2, 0.25) is 0 Å². The topological polar surface area (TPSA) is 69.0 Å². The lowest BCUT2D eigenvalue weighted by Gasteiger charge is -2.09. The van der Waals surface area contributed by atoms with Crippen molar-refractivity contribution in [2.45, 2.75) is 13.5 Å². The van der Waals surface area contributed by atoms with Gasteiger partial charge in [0.1, 0.15) is 0 Å². The Morgan fingerprint density at radius 1 is 1.27 bits per heavy atom. The summed E-state index contributed by atoms with van der Waals surface area (Å²) >= 11 is 0. The molecular formula is C17H13F3N4O2. The Balaban J connectivity index is 1.79. The van der Waals surface area contributed by atoms with E-state index in [1.54, 1.807) is 31.3 Å². The van der Waals surface area contributed by atoms with Crippen LogP contribution in [0, 0.1) is 12.7 Å². The molecule has 3 aromatic rings. The largest absolute Gasteiger partial charge is 0.432 e. The normalized spacial score (nSPS) is 10.8. The molecule has 0 spiro atoms. The number of nitrogens with one attached hydrogen (secondary N) is 1. The fourth-order valence-corrected chi connectivity index (χ4v) is 2.31. The highest BCUT2D eigenvalue weighted by Gasteiger charge is 2.17. The van der Waals surface area contributed by atoms with Gasteiger partial charge in [-0.3, -0.25) is 4.79 Å². The minimum absolute atomic E-state index is 0.0964. The maximum absolute atomic E-state index is 13.7. The Morgan fingerprint density at radius 2 is 2.08 bits per heavy atom. The van der Waals surface area contributed by atoms with E-state index in [4.69, 9.17) is 0 Å². The van der Waals surface area contributed by atoms with Crippen LogP contribution in [0.25, 0.3) is 5.82 Å². The first-order chi connectivity index (χ1) is 12.5. The first kappa shape index (κ1) is 17.5. The number of hydrogen-bond donors (Lipinski definition) is 1. The van der Waals surface area contributed by atoms with Crippen LogP contribution in [-0.4, -0.2) is 27.3 Å². The number of anilines is 1. The molecule has 1 amide bonds. The van der Waals surface area contributed by atoms with Crippen LogP contribution in [0.15, 0.2) is 48.8 Å². The molecule has 6 nitrogen and oxygen atoms in total. The van der Waals surface area contributed by atoms with Crippen molar-refractivity contribution >= 4 is 11.6 Å². The average molecular weight is 362 g/mol. The van der Waals surface area contributed by atoms with Crippen LogP contribution in [0.3, 0.4) is 0 Å². The first-order valence-corrected chi connectivity index (χ1v) is 7.47. The maximum atomic E-state index is 13.7. The second-order valence-corrected chi connectivity index (χ2v) is 5.22. The van der Waals surface area contributed by atoms with Crippen molar-refractivity contribution in [3.05, 3.63) is 65.9 Å². The zero-order valence-electron chi connectivity index (χ0n) is 13.5. The zero-order chi connectivity index (χ0) is 18.7. The second kappa shape index (κ2) is 7.26. The molecule has 0 saturated heterocycles. The minimum atomic E-state index is -3.13. The molecule has 0 aliphatic rings. The number of ether oxygens (including phenoxy) is 1. The lowest BCUT2D eigenvalue weighted by Crippen LogP contribution is -2.13. The summed E-state index contributed by atoms with van der Waals surface area (Å²) in [6.07, 6.45) is 2.96. The third-order valence-corrected chi connectivity index (χ3v) is 3.53. The summed E-state index contributed by atoms with van der Waals surface area (Å²) in [5.74, 6) is -1.59. The number of amides is 1. The van der Waals surface area contributed by atoms with E-state index >= 15 is 0 Å². The lowest BCUT2D eigenvalue weighted by atomic mass is 10.2. The highest BCUT2D eigenvalue weighted by molar-refractivity contribution is 6.05. The molecule has 1 aromatic carbocycles. The summed E-state index contributed by atoms with van der Waals surface area (Å²) in [5, 5.41) is 6.62. The third-order valence-electron chi connectivity index (χ3n) is 3.53. The fourth-order valence-electron chi connectivity index (χ4n) is 2.31. The van der Waals surface area contributed by atoms with Gasteiger partial charge in [-0.1, -0.05) is 6.07 Å². The van der Waals surface area contributed by atoms with Gasteiger partial charge in [-0.2, -0.15) is 13.9 Å². The number of nitrogens with zero attached hydrogens (tertiary/aromatic N) is 3. The Morgan fingerprint density at radius 3 is 2.73 bits per heavy atom. The number of carbonyl (C=O) groups excluding carboxylic acids is 1. The summed E-state index contributed by atoms with van der Waals surface area (Å²) in [7, 11) is 0. The molecule has 0 radical (unpaired) electrons. The van der Waals surface area contributed by atoms with Crippen LogP contribution in [0.1, 0.15) is 16.1 Å². The van der Waals surface area contributed by atoms with Crippen LogP contribution in [0.4, 0.5) is 18.9 Å². The van der Waals surface area contributed by atoms with Gasteiger partial charge in [-0.25, -0.2) is 14.1 Å². The molecule has 0 unspecified atom stereocenters. The van der Waals surface area contributed by atoms with E-state index in [9.17, 15) is 18.0 Å².